The maximum atomic E-state index is 14.1. The summed E-state index contributed by atoms with van der Waals surface area (Å²) in [7, 11) is 0.446. The van der Waals surface area contributed by atoms with Crippen molar-refractivity contribution in [2.75, 3.05) is 49.4 Å². The summed E-state index contributed by atoms with van der Waals surface area (Å²) in [6.07, 6.45) is 0. The minimum absolute atomic E-state index is 0.0508. The molecule has 0 aliphatic carbocycles. The third-order valence-corrected chi connectivity index (χ3v) is 8.75. The number of carbonyl (C=O) groups excluding carboxylic acids is 1. The normalized spacial score (nSPS) is 11.0. The molecule has 0 aliphatic rings. The number of benzene rings is 3. The zero-order valence-corrected chi connectivity index (χ0v) is 25.1. The van der Waals surface area contributed by atoms with Crippen LogP contribution in [0.25, 0.3) is 11.3 Å². The molecule has 3 aromatic carbocycles. The standard InChI is InChI=1S/C29H32N4O6S2/c1-6-39-22-11-9-21(10-12-22)33(41(35,36)27-15-19(2)7-13-26(27)38-5)17-28(34)31-23-16-20(8-14-25(23)37-4)24-18-40-29(30-3)32-24/h7-16,18H,6,17H2,1-5H3,(H,30,32)(H,31,34). The molecule has 0 saturated carbocycles. The highest BCUT2D eigenvalue weighted by Crippen LogP contribution is 2.34. The molecule has 1 heterocycles. The Morgan fingerprint density at radius 3 is 2.34 bits per heavy atom. The van der Waals surface area contributed by atoms with Gasteiger partial charge in [0.1, 0.15) is 28.7 Å². The smallest absolute Gasteiger partial charge is 0.268 e. The molecule has 4 aromatic rings. The average Bonchev–Trinajstić information content (AvgIpc) is 3.46. The fourth-order valence-electron chi connectivity index (χ4n) is 4.10. The van der Waals surface area contributed by atoms with Crippen LogP contribution in [-0.4, -0.2) is 53.7 Å². The van der Waals surface area contributed by atoms with Gasteiger partial charge in [-0.25, -0.2) is 13.4 Å². The molecule has 10 nitrogen and oxygen atoms in total. The predicted octanol–water partition coefficient (Wildman–Crippen LogP) is 5.41. The minimum atomic E-state index is -4.24. The fourth-order valence-corrected chi connectivity index (χ4v) is 6.45. The topological polar surface area (TPSA) is 119 Å². The molecular weight excluding hydrogens is 564 g/mol. The molecule has 0 bridgehead atoms. The first-order valence-electron chi connectivity index (χ1n) is 12.7. The molecular formula is C29H32N4O6S2. The summed E-state index contributed by atoms with van der Waals surface area (Å²) >= 11 is 1.46. The summed E-state index contributed by atoms with van der Waals surface area (Å²) in [6.45, 7) is 3.59. The van der Waals surface area contributed by atoms with Gasteiger partial charge in [-0.2, -0.15) is 0 Å². The van der Waals surface area contributed by atoms with Crippen LogP contribution in [0.5, 0.6) is 17.2 Å². The molecule has 0 aliphatic heterocycles. The van der Waals surface area contributed by atoms with Gasteiger partial charge in [0.05, 0.1) is 37.9 Å². The molecule has 2 N–H and O–H groups in total. The van der Waals surface area contributed by atoms with Crippen molar-refractivity contribution in [3.05, 3.63) is 71.6 Å². The van der Waals surface area contributed by atoms with Crippen molar-refractivity contribution in [3.8, 4) is 28.5 Å². The van der Waals surface area contributed by atoms with Crippen molar-refractivity contribution in [1.82, 2.24) is 4.98 Å². The molecule has 4 rings (SSSR count). The van der Waals surface area contributed by atoms with Crippen LogP contribution in [0.3, 0.4) is 0 Å². The van der Waals surface area contributed by atoms with E-state index in [-0.39, 0.29) is 16.3 Å². The van der Waals surface area contributed by atoms with Crippen molar-refractivity contribution in [2.24, 2.45) is 0 Å². The Hall–Kier alpha value is -4.29. The second kappa shape index (κ2) is 12.9. The monoisotopic (exact) mass is 596 g/mol. The molecule has 216 valence electrons. The summed E-state index contributed by atoms with van der Waals surface area (Å²) in [5.41, 5.74) is 2.88. The number of ether oxygens (including phenoxy) is 3. The van der Waals surface area contributed by atoms with Gasteiger partial charge < -0.3 is 24.8 Å². The third-order valence-electron chi connectivity index (χ3n) is 6.10. The molecule has 0 atom stereocenters. The van der Waals surface area contributed by atoms with Crippen LogP contribution < -0.4 is 29.1 Å². The molecule has 0 spiro atoms. The van der Waals surface area contributed by atoms with E-state index in [0.29, 0.717) is 23.8 Å². The highest BCUT2D eigenvalue weighted by Gasteiger charge is 2.30. The Balaban J connectivity index is 1.70. The van der Waals surface area contributed by atoms with E-state index >= 15 is 0 Å². The van der Waals surface area contributed by atoms with Crippen LogP contribution in [0, 0.1) is 6.92 Å². The van der Waals surface area contributed by atoms with Crippen LogP contribution >= 0.6 is 11.3 Å². The van der Waals surface area contributed by atoms with E-state index in [1.165, 1.54) is 31.6 Å². The Morgan fingerprint density at radius 1 is 1.00 bits per heavy atom. The summed E-state index contributed by atoms with van der Waals surface area (Å²) in [4.78, 5) is 17.9. The van der Waals surface area contributed by atoms with E-state index in [0.717, 1.165) is 26.3 Å². The van der Waals surface area contributed by atoms with E-state index in [1.807, 2.05) is 18.4 Å². The van der Waals surface area contributed by atoms with Crippen molar-refractivity contribution in [2.45, 2.75) is 18.7 Å². The molecule has 12 heteroatoms. The second-order valence-electron chi connectivity index (χ2n) is 8.84. The fraction of sp³-hybridized carbons (Fsp3) is 0.241. The van der Waals surface area contributed by atoms with Crippen LogP contribution in [0.4, 0.5) is 16.5 Å². The number of amides is 1. The Kier molecular flexibility index (Phi) is 9.35. The lowest BCUT2D eigenvalue weighted by atomic mass is 10.1. The van der Waals surface area contributed by atoms with E-state index < -0.39 is 22.5 Å². The highest BCUT2D eigenvalue weighted by atomic mass is 32.2. The van der Waals surface area contributed by atoms with Crippen molar-refractivity contribution < 1.29 is 27.4 Å². The van der Waals surface area contributed by atoms with Gasteiger partial charge in [-0.1, -0.05) is 6.07 Å². The van der Waals surface area contributed by atoms with Gasteiger partial charge in [0, 0.05) is 18.0 Å². The number of aromatic nitrogens is 1. The molecule has 1 aromatic heterocycles. The number of nitrogens with zero attached hydrogens (tertiary/aromatic N) is 2. The van der Waals surface area contributed by atoms with Crippen LogP contribution in [0.15, 0.2) is 70.9 Å². The summed E-state index contributed by atoms with van der Waals surface area (Å²) in [5.74, 6) is 0.599. The SMILES string of the molecule is CCOc1ccc(N(CC(=O)Nc2cc(-c3csc(NC)n3)ccc2OC)S(=O)(=O)c2cc(C)ccc2OC)cc1. The average molecular weight is 597 g/mol. The zero-order valence-electron chi connectivity index (χ0n) is 23.4. The second-order valence-corrected chi connectivity index (χ2v) is 11.5. The highest BCUT2D eigenvalue weighted by molar-refractivity contribution is 7.93. The lowest BCUT2D eigenvalue weighted by Gasteiger charge is -2.25. The van der Waals surface area contributed by atoms with Gasteiger partial charge in [-0.05, 0) is 74.0 Å². The first-order valence-corrected chi connectivity index (χ1v) is 15.0. The van der Waals surface area contributed by atoms with Gasteiger partial charge in [-0.15, -0.1) is 11.3 Å². The first-order chi connectivity index (χ1) is 19.7. The quantitative estimate of drug-likeness (QED) is 0.223. The van der Waals surface area contributed by atoms with Gasteiger partial charge >= 0.3 is 0 Å². The predicted molar refractivity (Wildman–Crippen MR) is 162 cm³/mol. The lowest BCUT2D eigenvalue weighted by molar-refractivity contribution is -0.114. The lowest BCUT2D eigenvalue weighted by Crippen LogP contribution is -2.38. The maximum Gasteiger partial charge on any atom is 0.268 e. The van der Waals surface area contributed by atoms with Crippen molar-refractivity contribution >= 4 is 43.8 Å². The third kappa shape index (κ3) is 6.72. The summed E-state index contributed by atoms with van der Waals surface area (Å²) in [5, 5.41) is 8.48. The van der Waals surface area contributed by atoms with Crippen LogP contribution in [-0.2, 0) is 14.8 Å². The van der Waals surface area contributed by atoms with Crippen molar-refractivity contribution in [1.29, 1.82) is 0 Å². The number of rotatable bonds is 12. The number of carbonyl (C=O) groups is 1. The molecule has 0 saturated heterocycles. The minimum Gasteiger partial charge on any atom is -0.495 e. The molecule has 41 heavy (non-hydrogen) atoms. The Morgan fingerprint density at radius 2 is 1.71 bits per heavy atom. The van der Waals surface area contributed by atoms with Gasteiger partial charge in [0.25, 0.3) is 10.0 Å². The van der Waals surface area contributed by atoms with Gasteiger partial charge in [0.15, 0.2) is 5.13 Å². The molecule has 1 amide bonds. The van der Waals surface area contributed by atoms with Crippen LogP contribution in [0.1, 0.15) is 12.5 Å². The molecule has 0 radical (unpaired) electrons. The maximum absolute atomic E-state index is 14.1. The van der Waals surface area contributed by atoms with Crippen molar-refractivity contribution in [3.63, 3.8) is 0 Å². The number of thiazole rings is 1. The number of nitrogens with one attached hydrogen (secondary N) is 2. The van der Waals surface area contributed by atoms with Gasteiger partial charge in [-0.3, -0.25) is 9.10 Å². The number of hydrogen-bond acceptors (Lipinski definition) is 9. The van der Waals surface area contributed by atoms with E-state index in [9.17, 15) is 13.2 Å². The Labute approximate surface area is 244 Å². The van der Waals surface area contributed by atoms with E-state index in [4.69, 9.17) is 14.2 Å². The van der Waals surface area contributed by atoms with Crippen LogP contribution in [0.2, 0.25) is 0 Å². The van der Waals surface area contributed by atoms with Gasteiger partial charge in [0.2, 0.25) is 5.91 Å². The van der Waals surface area contributed by atoms with E-state index in [1.54, 1.807) is 62.5 Å². The Bertz CT molecular complexity index is 1620. The number of hydrogen-bond donors (Lipinski definition) is 2. The number of methoxy groups -OCH3 is 2. The first kappa shape index (κ1) is 29.7. The number of aryl methyl sites for hydroxylation is 1. The molecule has 0 fully saturated rings. The summed E-state index contributed by atoms with van der Waals surface area (Å²) < 4.78 is 45.5. The largest absolute Gasteiger partial charge is 0.495 e. The van der Waals surface area contributed by atoms with E-state index in [2.05, 4.69) is 15.6 Å². The number of sulfonamides is 1. The number of anilines is 3. The molecule has 0 unspecified atom stereocenters. The zero-order chi connectivity index (χ0) is 29.6. The summed E-state index contributed by atoms with van der Waals surface area (Å²) in [6, 6.07) is 16.7.